The lowest BCUT2D eigenvalue weighted by Gasteiger charge is -2.34. The van der Waals surface area contributed by atoms with Crippen molar-refractivity contribution in [2.75, 3.05) is 32.8 Å². The third-order valence-corrected chi connectivity index (χ3v) is 7.52. The number of hydrogen-bond acceptors (Lipinski definition) is 5. The second kappa shape index (κ2) is 9.62. The Labute approximate surface area is 183 Å². The fraction of sp³-hybridized carbons (Fsp3) is 0.391. The molecule has 8 heteroatoms. The summed E-state index contributed by atoms with van der Waals surface area (Å²) in [5, 5.41) is 0. The second-order valence-electron chi connectivity index (χ2n) is 7.68. The molecule has 0 bridgehead atoms. The average Bonchev–Trinajstić information content (AvgIpc) is 2.77. The predicted octanol–water partition coefficient (Wildman–Crippen LogP) is 2.56. The molecule has 0 aliphatic carbocycles. The number of carbonyl (C=O) groups is 2. The second-order valence-corrected chi connectivity index (χ2v) is 9.59. The first-order valence-electron chi connectivity index (χ1n) is 10.3. The van der Waals surface area contributed by atoms with E-state index in [-0.39, 0.29) is 38.7 Å². The largest absolute Gasteiger partial charge is 0.452 e. The van der Waals surface area contributed by atoms with Gasteiger partial charge in [0.1, 0.15) is 0 Å². The Bertz CT molecular complexity index is 1060. The number of esters is 1. The van der Waals surface area contributed by atoms with Crippen molar-refractivity contribution in [1.82, 2.24) is 9.21 Å². The summed E-state index contributed by atoms with van der Waals surface area (Å²) in [6.45, 7) is 6.28. The smallest absolute Gasteiger partial charge is 0.338 e. The van der Waals surface area contributed by atoms with Crippen LogP contribution < -0.4 is 0 Å². The van der Waals surface area contributed by atoms with Crippen molar-refractivity contribution in [2.24, 2.45) is 0 Å². The summed E-state index contributed by atoms with van der Waals surface area (Å²) >= 11 is 0. The zero-order valence-corrected chi connectivity index (χ0v) is 18.9. The van der Waals surface area contributed by atoms with Gasteiger partial charge in [-0.15, -0.1) is 0 Å². The van der Waals surface area contributed by atoms with Crippen molar-refractivity contribution in [2.45, 2.75) is 32.1 Å². The molecule has 2 aromatic rings. The molecule has 2 aromatic carbocycles. The van der Waals surface area contributed by atoms with E-state index in [1.54, 1.807) is 31.2 Å². The van der Waals surface area contributed by atoms with Gasteiger partial charge in [0.15, 0.2) is 6.61 Å². The molecule has 1 saturated heterocycles. The van der Waals surface area contributed by atoms with Gasteiger partial charge in [-0.3, -0.25) is 4.79 Å². The molecular weight excluding hydrogens is 416 g/mol. The number of benzene rings is 2. The summed E-state index contributed by atoms with van der Waals surface area (Å²) in [5.74, 6) is -0.880. The number of rotatable bonds is 6. The number of sulfonamides is 1. The Hall–Kier alpha value is -2.71. The molecule has 166 valence electrons. The SMILES string of the molecule is CCc1ccc(C(=O)OCC(=O)N2CCN(S(=O)(=O)c3ccc(C)cc3C)CC2)cc1. The van der Waals surface area contributed by atoms with Gasteiger partial charge in [-0.1, -0.05) is 36.8 Å². The standard InChI is InChI=1S/C23H28N2O5S/c1-4-19-6-8-20(9-7-19)23(27)30-16-22(26)24-11-13-25(14-12-24)31(28,29)21-10-5-17(2)15-18(21)3/h5-10,15H,4,11-14,16H2,1-3H3. The fourth-order valence-corrected chi connectivity index (χ4v) is 5.21. The number of piperazine rings is 1. The van der Waals surface area contributed by atoms with E-state index in [1.807, 2.05) is 32.0 Å². The van der Waals surface area contributed by atoms with Gasteiger partial charge >= 0.3 is 5.97 Å². The molecule has 3 rings (SSSR count). The summed E-state index contributed by atoms with van der Waals surface area (Å²) in [5.41, 5.74) is 3.22. The highest BCUT2D eigenvalue weighted by Gasteiger charge is 2.31. The number of ether oxygens (including phenoxy) is 1. The molecule has 0 unspecified atom stereocenters. The van der Waals surface area contributed by atoms with E-state index < -0.39 is 16.0 Å². The number of nitrogens with zero attached hydrogens (tertiary/aromatic N) is 2. The topological polar surface area (TPSA) is 84.0 Å². The third kappa shape index (κ3) is 5.32. The van der Waals surface area contributed by atoms with Crippen molar-refractivity contribution >= 4 is 21.9 Å². The molecule has 1 amide bonds. The highest BCUT2D eigenvalue weighted by atomic mass is 32.2. The molecule has 1 heterocycles. The zero-order chi connectivity index (χ0) is 22.6. The van der Waals surface area contributed by atoms with Gasteiger partial charge in [-0.25, -0.2) is 13.2 Å². The van der Waals surface area contributed by atoms with Crippen molar-refractivity contribution < 1.29 is 22.7 Å². The van der Waals surface area contributed by atoms with Crippen molar-refractivity contribution in [3.05, 3.63) is 64.7 Å². The lowest BCUT2D eigenvalue weighted by atomic mass is 10.1. The Kier molecular flexibility index (Phi) is 7.12. The lowest BCUT2D eigenvalue weighted by Crippen LogP contribution is -2.51. The number of hydrogen-bond donors (Lipinski definition) is 0. The van der Waals surface area contributed by atoms with Crippen LogP contribution in [0.1, 0.15) is 34.0 Å². The van der Waals surface area contributed by atoms with Gasteiger partial charge in [-0.05, 0) is 49.6 Å². The zero-order valence-electron chi connectivity index (χ0n) is 18.1. The van der Waals surface area contributed by atoms with Gasteiger partial charge in [0.25, 0.3) is 5.91 Å². The van der Waals surface area contributed by atoms with Crippen LogP contribution in [0, 0.1) is 13.8 Å². The maximum absolute atomic E-state index is 13.0. The monoisotopic (exact) mass is 444 g/mol. The van der Waals surface area contributed by atoms with Gasteiger partial charge in [0, 0.05) is 26.2 Å². The van der Waals surface area contributed by atoms with E-state index in [2.05, 4.69) is 0 Å². The number of carbonyl (C=O) groups excluding carboxylic acids is 2. The minimum atomic E-state index is -3.62. The first-order valence-corrected chi connectivity index (χ1v) is 11.8. The van der Waals surface area contributed by atoms with Gasteiger partial charge < -0.3 is 9.64 Å². The van der Waals surface area contributed by atoms with Crippen LogP contribution in [0.15, 0.2) is 47.4 Å². The minimum absolute atomic E-state index is 0.202. The average molecular weight is 445 g/mol. The van der Waals surface area contributed by atoms with Crippen LogP contribution >= 0.6 is 0 Å². The molecule has 0 spiro atoms. The summed E-state index contributed by atoms with van der Waals surface area (Å²) in [6.07, 6.45) is 0.874. The highest BCUT2D eigenvalue weighted by molar-refractivity contribution is 7.89. The van der Waals surface area contributed by atoms with E-state index in [0.717, 1.165) is 17.5 Å². The highest BCUT2D eigenvalue weighted by Crippen LogP contribution is 2.22. The first kappa shape index (κ1) is 23.0. The Morgan fingerprint density at radius 2 is 1.61 bits per heavy atom. The van der Waals surface area contributed by atoms with Crippen LogP contribution in [0.3, 0.4) is 0 Å². The van der Waals surface area contributed by atoms with E-state index in [1.165, 1.54) is 9.21 Å². The predicted molar refractivity (Wildman–Crippen MR) is 117 cm³/mol. The normalized spacial score (nSPS) is 15.0. The van der Waals surface area contributed by atoms with Crippen molar-refractivity contribution in [3.63, 3.8) is 0 Å². The fourth-order valence-electron chi connectivity index (χ4n) is 3.58. The summed E-state index contributed by atoms with van der Waals surface area (Å²) in [6, 6.07) is 12.3. The summed E-state index contributed by atoms with van der Waals surface area (Å²) in [7, 11) is -3.62. The van der Waals surface area contributed by atoms with Crippen LogP contribution in [0.5, 0.6) is 0 Å². The van der Waals surface area contributed by atoms with E-state index in [0.29, 0.717) is 16.0 Å². The Morgan fingerprint density at radius 3 is 2.19 bits per heavy atom. The van der Waals surface area contributed by atoms with Crippen LogP contribution in [-0.2, 0) is 26.0 Å². The molecule has 1 aliphatic rings. The quantitative estimate of drug-likeness (QED) is 0.640. The van der Waals surface area contributed by atoms with Crippen LogP contribution in [-0.4, -0.2) is 62.3 Å². The maximum atomic E-state index is 13.0. The van der Waals surface area contributed by atoms with Crippen molar-refractivity contribution in [3.8, 4) is 0 Å². The number of amides is 1. The van der Waals surface area contributed by atoms with E-state index in [4.69, 9.17) is 4.74 Å². The first-order chi connectivity index (χ1) is 14.7. The summed E-state index contributed by atoms with van der Waals surface area (Å²) < 4.78 is 32.5. The molecule has 0 atom stereocenters. The van der Waals surface area contributed by atoms with Crippen LogP contribution in [0.4, 0.5) is 0 Å². The molecule has 0 radical (unpaired) electrons. The van der Waals surface area contributed by atoms with Crippen molar-refractivity contribution in [1.29, 1.82) is 0 Å². The molecular formula is C23H28N2O5S. The van der Waals surface area contributed by atoms with Gasteiger partial charge in [0.05, 0.1) is 10.5 Å². The van der Waals surface area contributed by atoms with Crippen LogP contribution in [0.25, 0.3) is 0 Å². The van der Waals surface area contributed by atoms with Crippen LogP contribution in [0.2, 0.25) is 0 Å². The number of aryl methyl sites for hydroxylation is 3. The molecule has 1 fully saturated rings. The van der Waals surface area contributed by atoms with E-state index >= 15 is 0 Å². The third-order valence-electron chi connectivity index (χ3n) is 5.46. The van der Waals surface area contributed by atoms with Gasteiger partial charge in [-0.2, -0.15) is 4.31 Å². The summed E-state index contributed by atoms with van der Waals surface area (Å²) in [4.78, 5) is 26.4. The molecule has 0 aromatic heterocycles. The lowest BCUT2D eigenvalue weighted by molar-refractivity contribution is -0.135. The minimum Gasteiger partial charge on any atom is -0.452 e. The van der Waals surface area contributed by atoms with Gasteiger partial charge in [0.2, 0.25) is 10.0 Å². The Morgan fingerprint density at radius 1 is 0.968 bits per heavy atom. The molecule has 7 nitrogen and oxygen atoms in total. The molecule has 31 heavy (non-hydrogen) atoms. The Balaban J connectivity index is 1.54. The maximum Gasteiger partial charge on any atom is 0.338 e. The van der Waals surface area contributed by atoms with E-state index in [9.17, 15) is 18.0 Å². The molecule has 1 aliphatic heterocycles. The molecule has 0 N–H and O–H groups in total. The molecule has 0 saturated carbocycles.